The number of aliphatic hydroxyl groups excluding tert-OH is 1. The lowest BCUT2D eigenvalue weighted by Gasteiger charge is -2.33. The number of carbonyl (C=O) groups is 1. The standard InChI is InChI=1S/C26H19F3IN3O2/c1-13-19(14(2)34)12-33(18-6-4-5-17(10-18)31-15(3)35)26-22(29)11-21(28)25(24(13)26)32-23-8-7-16(30)9-20(23)27/h4-12,32,34H,1-2H2,3H3,(H,31,35). The van der Waals surface area contributed by atoms with Gasteiger partial charge in [-0.05, 0) is 64.6 Å². The van der Waals surface area contributed by atoms with Gasteiger partial charge in [-0.2, -0.15) is 0 Å². The molecule has 0 radical (unpaired) electrons. The highest BCUT2D eigenvalue weighted by molar-refractivity contribution is 14.1. The molecule has 0 unspecified atom stereocenters. The minimum absolute atomic E-state index is 0.0157. The number of benzene rings is 3. The van der Waals surface area contributed by atoms with Crippen molar-refractivity contribution in [3.63, 3.8) is 0 Å². The summed E-state index contributed by atoms with van der Waals surface area (Å²) >= 11 is 1.95. The van der Waals surface area contributed by atoms with Crippen LogP contribution in [0.25, 0.3) is 5.57 Å². The molecule has 0 saturated heterocycles. The fraction of sp³-hybridized carbons (Fsp3) is 0.0385. The Kier molecular flexibility index (Phi) is 6.62. The van der Waals surface area contributed by atoms with Gasteiger partial charge in [0.25, 0.3) is 0 Å². The van der Waals surface area contributed by atoms with E-state index in [1.807, 2.05) is 22.6 Å². The van der Waals surface area contributed by atoms with Gasteiger partial charge in [0, 0.05) is 45.3 Å². The van der Waals surface area contributed by atoms with Gasteiger partial charge in [-0.25, -0.2) is 13.2 Å². The molecule has 0 spiro atoms. The SMILES string of the molecule is C=C(O)C1=CN(c2cccc(NC(C)=O)c2)c2c(F)cc(F)c(Nc3ccc(I)cc3F)c2C1=C. The van der Waals surface area contributed by atoms with Crippen molar-refractivity contribution >= 4 is 62.5 Å². The Hall–Kier alpha value is -3.73. The lowest BCUT2D eigenvalue weighted by Crippen LogP contribution is -2.21. The van der Waals surface area contributed by atoms with Crippen LogP contribution in [-0.4, -0.2) is 11.0 Å². The number of aliphatic hydroxyl groups is 1. The average molecular weight is 589 g/mol. The molecular weight excluding hydrogens is 570 g/mol. The van der Waals surface area contributed by atoms with E-state index in [-0.39, 0.29) is 45.4 Å². The van der Waals surface area contributed by atoms with Crippen molar-refractivity contribution in [1.82, 2.24) is 0 Å². The van der Waals surface area contributed by atoms with Gasteiger partial charge >= 0.3 is 0 Å². The van der Waals surface area contributed by atoms with Crippen molar-refractivity contribution in [2.24, 2.45) is 0 Å². The summed E-state index contributed by atoms with van der Waals surface area (Å²) in [4.78, 5) is 12.9. The van der Waals surface area contributed by atoms with Crippen LogP contribution in [0, 0.1) is 21.0 Å². The lowest BCUT2D eigenvalue weighted by molar-refractivity contribution is -0.114. The maximum absolute atomic E-state index is 15.3. The second kappa shape index (κ2) is 9.49. The monoisotopic (exact) mass is 589 g/mol. The highest BCUT2D eigenvalue weighted by atomic mass is 127. The van der Waals surface area contributed by atoms with E-state index in [0.29, 0.717) is 21.0 Å². The van der Waals surface area contributed by atoms with Gasteiger partial charge in [0.05, 0.1) is 17.1 Å². The molecule has 0 bridgehead atoms. The van der Waals surface area contributed by atoms with E-state index in [4.69, 9.17) is 0 Å². The van der Waals surface area contributed by atoms with Crippen molar-refractivity contribution < 1.29 is 23.1 Å². The van der Waals surface area contributed by atoms with Crippen LogP contribution < -0.4 is 15.5 Å². The Morgan fingerprint density at radius 1 is 1.06 bits per heavy atom. The van der Waals surface area contributed by atoms with Crippen molar-refractivity contribution in [3.8, 4) is 0 Å². The predicted octanol–water partition coefficient (Wildman–Crippen LogP) is 7.53. The molecule has 1 aliphatic heterocycles. The highest BCUT2D eigenvalue weighted by Crippen LogP contribution is 2.48. The second-order valence-corrected chi connectivity index (χ2v) is 9.00. The molecule has 0 aliphatic carbocycles. The number of halogens is 4. The number of anilines is 5. The third-order valence-electron chi connectivity index (χ3n) is 5.28. The van der Waals surface area contributed by atoms with E-state index in [9.17, 15) is 14.3 Å². The summed E-state index contributed by atoms with van der Waals surface area (Å²) in [5.74, 6) is -3.18. The van der Waals surface area contributed by atoms with Gasteiger partial charge in [0.2, 0.25) is 5.91 Å². The molecule has 3 aromatic carbocycles. The summed E-state index contributed by atoms with van der Waals surface area (Å²) in [5.41, 5.74) is 0.728. The van der Waals surface area contributed by atoms with Crippen LogP contribution in [0.1, 0.15) is 12.5 Å². The Labute approximate surface area is 213 Å². The third kappa shape index (κ3) is 4.76. The minimum atomic E-state index is -0.975. The van der Waals surface area contributed by atoms with Gasteiger partial charge in [-0.3, -0.25) is 4.79 Å². The van der Waals surface area contributed by atoms with Gasteiger partial charge in [-0.15, -0.1) is 0 Å². The summed E-state index contributed by atoms with van der Waals surface area (Å²) in [5, 5.41) is 15.6. The highest BCUT2D eigenvalue weighted by Gasteiger charge is 2.31. The Balaban J connectivity index is 1.95. The number of nitrogens with zero attached hydrogens (tertiary/aromatic N) is 1. The molecule has 3 aromatic rings. The van der Waals surface area contributed by atoms with Crippen LogP contribution in [0.3, 0.4) is 0 Å². The first kappa shape index (κ1) is 24.4. The molecule has 0 aromatic heterocycles. The maximum atomic E-state index is 15.3. The first-order chi connectivity index (χ1) is 16.6. The first-order valence-corrected chi connectivity index (χ1v) is 11.4. The molecule has 1 amide bonds. The molecule has 0 atom stereocenters. The second-order valence-electron chi connectivity index (χ2n) is 7.76. The van der Waals surface area contributed by atoms with Crippen LogP contribution in [-0.2, 0) is 4.79 Å². The number of amides is 1. The van der Waals surface area contributed by atoms with Crippen LogP contribution in [0.5, 0.6) is 0 Å². The van der Waals surface area contributed by atoms with Crippen molar-refractivity contribution in [3.05, 3.63) is 106 Å². The zero-order valence-electron chi connectivity index (χ0n) is 18.4. The third-order valence-corrected chi connectivity index (χ3v) is 5.95. The fourth-order valence-electron chi connectivity index (χ4n) is 3.78. The van der Waals surface area contributed by atoms with Gasteiger partial charge in [0.1, 0.15) is 17.4 Å². The molecule has 178 valence electrons. The number of carbonyl (C=O) groups excluding carboxylic acids is 1. The number of rotatable bonds is 5. The number of hydrogen-bond donors (Lipinski definition) is 3. The van der Waals surface area contributed by atoms with E-state index < -0.39 is 17.5 Å². The average Bonchev–Trinajstić information content (AvgIpc) is 2.77. The fourth-order valence-corrected chi connectivity index (χ4v) is 4.23. The molecule has 1 aliphatic rings. The van der Waals surface area contributed by atoms with Crippen LogP contribution in [0.15, 0.2) is 79.2 Å². The summed E-state index contributed by atoms with van der Waals surface area (Å²) in [6, 6.07) is 11.6. The Bertz CT molecular complexity index is 1440. The van der Waals surface area contributed by atoms with Gasteiger partial charge in [0.15, 0.2) is 5.82 Å². The van der Waals surface area contributed by atoms with Crippen LogP contribution >= 0.6 is 22.6 Å². The quantitative estimate of drug-likeness (QED) is 0.213. The van der Waals surface area contributed by atoms with E-state index in [1.54, 1.807) is 30.3 Å². The smallest absolute Gasteiger partial charge is 0.221 e. The molecule has 35 heavy (non-hydrogen) atoms. The Morgan fingerprint density at radius 2 is 1.80 bits per heavy atom. The summed E-state index contributed by atoms with van der Waals surface area (Å²) < 4.78 is 45.7. The van der Waals surface area contributed by atoms with Crippen molar-refractivity contribution in [2.45, 2.75) is 6.92 Å². The normalized spacial score (nSPS) is 12.7. The van der Waals surface area contributed by atoms with Crippen LogP contribution in [0.4, 0.5) is 41.6 Å². The molecule has 3 N–H and O–H groups in total. The van der Waals surface area contributed by atoms with Crippen molar-refractivity contribution in [2.75, 3.05) is 15.5 Å². The maximum Gasteiger partial charge on any atom is 0.221 e. The first-order valence-electron chi connectivity index (χ1n) is 10.3. The van der Waals surface area contributed by atoms with Gasteiger partial charge in [-0.1, -0.05) is 19.2 Å². The number of fused-ring (bicyclic) bond motifs is 1. The summed E-state index contributed by atoms with van der Waals surface area (Å²) in [6.45, 7) is 8.82. The molecule has 0 fully saturated rings. The lowest BCUT2D eigenvalue weighted by atomic mass is 9.91. The van der Waals surface area contributed by atoms with E-state index in [0.717, 1.165) is 0 Å². The topological polar surface area (TPSA) is 64.6 Å². The molecule has 5 nitrogen and oxygen atoms in total. The molecule has 0 saturated carbocycles. The molecular formula is C26H19F3IN3O2. The summed E-state index contributed by atoms with van der Waals surface area (Å²) in [7, 11) is 0. The minimum Gasteiger partial charge on any atom is -0.508 e. The summed E-state index contributed by atoms with van der Waals surface area (Å²) in [6.07, 6.45) is 1.41. The predicted molar refractivity (Wildman–Crippen MR) is 141 cm³/mol. The molecule has 9 heteroatoms. The Morgan fingerprint density at radius 3 is 2.46 bits per heavy atom. The molecule has 1 heterocycles. The number of hydrogen-bond acceptors (Lipinski definition) is 4. The zero-order valence-corrected chi connectivity index (χ0v) is 20.6. The van der Waals surface area contributed by atoms with Crippen LogP contribution in [0.2, 0.25) is 0 Å². The van der Waals surface area contributed by atoms with E-state index >= 15 is 8.78 Å². The largest absolute Gasteiger partial charge is 0.508 e. The van der Waals surface area contributed by atoms with E-state index in [2.05, 4.69) is 23.8 Å². The van der Waals surface area contributed by atoms with E-state index in [1.165, 1.54) is 30.2 Å². The zero-order chi connectivity index (χ0) is 25.4. The van der Waals surface area contributed by atoms with Gasteiger partial charge < -0.3 is 20.6 Å². The van der Waals surface area contributed by atoms with Crippen molar-refractivity contribution in [1.29, 1.82) is 0 Å². The molecule has 4 rings (SSSR count). The number of nitrogens with one attached hydrogen (secondary N) is 2. The number of allylic oxidation sites excluding steroid dienone is 1.